The molecule has 104 valence electrons. The second-order valence-corrected chi connectivity index (χ2v) is 5.51. The van der Waals surface area contributed by atoms with Crippen LogP contribution in [0, 0.1) is 9.39 Å². The lowest BCUT2D eigenvalue weighted by Crippen LogP contribution is -2.29. The van der Waals surface area contributed by atoms with Gasteiger partial charge in [-0.3, -0.25) is 4.79 Å². The van der Waals surface area contributed by atoms with Gasteiger partial charge in [-0.2, -0.15) is 0 Å². The van der Waals surface area contributed by atoms with E-state index in [0.29, 0.717) is 6.54 Å². The maximum Gasteiger partial charge on any atom is 0.239 e. The predicted molar refractivity (Wildman–Crippen MR) is 85.9 cm³/mol. The molecule has 0 fully saturated rings. The maximum absolute atomic E-state index is 12.7. The molecule has 0 aliphatic carbocycles. The van der Waals surface area contributed by atoms with Gasteiger partial charge in [0.1, 0.15) is 5.82 Å². The Hall–Kier alpha value is -1.63. The zero-order valence-corrected chi connectivity index (χ0v) is 12.9. The highest BCUT2D eigenvalue weighted by atomic mass is 127. The Morgan fingerprint density at radius 2 is 1.70 bits per heavy atom. The van der Waals surface area contributed by atoms with Crippen LogP contribution in [0.2, 0.25) is 0 Å². The van der Waals surface area contributed by atoms with Gasteiger partial charge in [0.25, 0.3) is 0 Å². The molecule has 0 aliphatic heterocycles. The smallest absolute Gasteiger partial charge is 0.239 e. The highest BCUT2D eigenvalue weighted by Gasteiger charge is 2.01. The van der Waals surface area contributed by atoms with E-state index >= 15 is 0 Å². The molecule has 0 bridgehead atoms. The number of hydrogen-bond acceptors (Lipinski definition) is 2. The molecule has 0 saturated heterocycles. The maximum atomic E-state index is 12.7. The van der Waals surface area contributed by atoms with Crippen molar-refractivity contribution in [1.29, 1.82) is 0 Å². The number of carbonyl (C=O) groups excluding carboxylic acids is 1. The molecule has 2 rings (SSSR count). The number of benzene rings is 2. The van der Waals surface area contributed by atoms with Crippen molar-refractivity contribution in [1.82, 2.24) is 5.32 Å². The Bertz CT molecular complexity index is 518. The molecule has 20 heavy (non-hydrogen) atoms. The van der Waals surface area contributed by atoms with Crippen LogP contribution < -0.4 is 10.6 Å². The van der Waals surface area contributed by atoms with Crippen LogP contribution in [0.3, 0.4) is 0 Å². The van der Waals surface area contributed by atoms with Gasteiger partial charge in [-0.1, -0.05) is 12.1 Å². The zero-order chi connectivity index (χ0) is 14.4. The van der Waals surface area contributed by atoms with E-state index in [9.17, 15) is 9.18 Å². The van der Waals surface area contributed by atoms with Crippen molar-refractivity contribution in [3.05, 3.63) is 63.5 Å². The summed E-state index contributed by atoms with van der Waals surface area (Å²) < 4.78 is 13.9. The van der Waals surface area contributed by atoms with Gasteiger partial charge < -0.3 is 10.6 Å². The van der Waals surface area contributed by atoms with E-state index in [1.165, 1.54) is 12.1 Å². The molecule has 0 atom stereocenters. The fraction of sp³-hybridized carbons (Fsp3) is 0.133. The van der Waals surface area contributed by atoms with Crippen molar-refractivity contribution in [2.75, 3.05) is 11.9 Å². The highest BCUT2D eigenvalue weighted by Crippen LogP contribution is 2.10. The number of carbonyl (C=O) groups is 1. The van der Waals surface area contributed by atoms with Gasteiger partial charge in [-0.05, 0) is 64.6 Å². The predicted octanol–water partition coefficient (Wildman–Crippen LogP) is 3.16. The molecule has 2 aromatic carbocycles. The van der Waals surface area contributed by atoms with E-state index in [0.717, 1.165) is 14.8 Å². The summed E-state index contributed by atoms with van der Waals surface area (Å²) in [5.74, 6) is -0.381. The first-order valence-corrected chi connectivity index (χ1v) is 7.22. The van der Waals surface area contributed by atoms with Crippen molar-refractivity contribution in [3.63, 3.8) is 0 Å². The third kappa shape index (κ3) is 4.80. The molecule has 0 saturated carbocycles. The number of halogens is 2. The van der Waals surface area contributed by atoms with Gasteiger partial charge in [0.05, 0.1) is 6.54 Å². The molecular weight excluding hydrogens is 370 g/mol. The lowest BCUT2D eigenvalue weighted by atomic mass is 10.2. The van der Waals surface area contributed by atoms with Gasteiger partial charge in [0.15, 0.2) is 0 Å². The average molecular weight is 384 g/mol. The number of anilines is 1. The van der Waals surface area contributed by atoms with E-state index in [1.807, 2.05) is 24.3 Å². The topological polar surface area (TPSA) is 41.1 Å². The van der Waals surface area contributed by atoms with E-state index in [1.54, 1.807) is 12.1 Å². The average Bonchev–Trinajstić information content (AvgIpc) is 2.46. The summed E-state index contributed by atoms with van der Waals surface area (Å²) in [5, 5.41) is 5.82. The van der Waals surface area contributed by atoms with Crippen LogP contribution >= 0.6 is 22.6 Å². The van der Waals surface area contributed by atoms with Gasteiger partial charge in [-0.15, -0.1) is 0 Å². The summed E-state index contributed by atoms with van der Waals surface area (Å²) in [7, 11) is 0. The minimum absolute atomic E-state index is 0.104. The number of amides is 1. The van der Waals surface area contributed by atoms with Crippen molar-refractivity contribution >= 4 is 34.2 Å². The number of hydrogen-bond donors (Lipinski definition) is 2. The monoisotopic (exact) mass is 384 g/mol. The Labute approximate surface area is 130 Å². The van der Waals surface area contributed by atoms with E-state index in [4.69, 9.17) is 0 Å². The standard InChI is InChI=1S/C15H14FIN2O/c16-12-3-1-11(2-4-12)9-19-15(20)10-18-14-7-5-13(17)6-8-14/h1-8,18H,9-10H2,(H,19,20). The van der Waals surface area contributed by atoms with E-state index in [-0.39, 0.29) is 18.3 Å². The third-order valence-electron chi connectivity index (χ3n) is 2.70. The first-order chi connectivity index (χ1) is 9.63. The quantitative estimate of drug-likeness (QED) is 0.778. The molecule has 0 aliphatic rings. The van der Waals surface area contributed by atoms with Gasteiger partial charge >= 0.3 is 0 Å². The van der Waals surface area contributed by atoms with Crippen LogP contribution in [-0.4, -0.2) is 12.5 Å². The molecule has 0 heterocycles. The second kappa shape index (κ2) is 7.23. The summed E-state index contributed by atoms with van der Waals surface area (Å²) >= 11 is 2.23. The lowest BCUT2D eigenvalue weighted by Gasteiger charge is -2.08. The van der Waals surface area contributed by atoms with Crippen LogP contribution in [0.1, 0.15) is 5.56 Å². The van der Waals surface area contributed by atoms with Crippen LogP contribution in [0.25, 0.3) is 0 Å². The normalized spacial score (nSPS) is 10.1. The summed E-state index contributed by atoms with van der Waals surface area (Å²) in [5.41, 5.74) is 1.77. The second-order valence-electron chi connectivity index (χ2n) is 4.26. The first kappa shape index (κ1) is 14.8. The van der Waals surface area contributed by atoms with Crippen LogP contribution in [0.5, 0.6) is 0 Å². The highest BCUT2D eigenvalue weighted by molar-refractivity contribution is 14.1. The summed E-state index contributed by atoms with van der Waals surface area (Å²) in [6.45, 7) is 0.606. The molecule has 3 nitrogen and oxygen atoms in total. The number of rotatable bonds is 5. The molecule has 0 unspecified atom stereocenters. The third-order valence-corrected chi connectivity index (χ3v) is 3.42. The van der Waals surface area contributed by atoms with Crippen molar-refractivity contribution in [2.24, 2.45) is 0 Å². The lowest BCUT2D eigenvalue weighted by molar-refractivity contribution is -0.119. The van der Waals surface area contributed by atoms with Crippen molar-refractivity contribution in [3.8, 4) is 0 Å². The van der Waals surface area contributed by atoms with Crippen molar-refractivity contribution < 1.29 is 9.18 Å². The number of nitrogens with one attached hydrogen (secondary N) is 2. The first-order valence-electron chi connectivity index (χ1n) is 6.14. The molecule has 5 heteroatoms. The largest absolute Gasteiger partial charge is 0.376 e. The fourth-order valence-corrected chi connectivity index (χ4v) is 1.98. The summed E-state index contributed by atoms with van der Waals surface area (Å²) in [6.07, 6.45) is 0. The summed E-state index contributed by atoms with van der Waals surface area (Å²) in [6, 6.07) is 13.9. The summed E-state index contributed by atoms with van der Waals surface area (Å²) in [4.78, 5) is 11.7. The van der Waals surface area contributed by atoms with Gasteiger partial charge in [0.2, 0.25) is 5.91 Å². The Balaban J connectivity index is 1.75. The Morgan fingerprint density at radius 1 is 1.05 bits per heavy atom. The molecule has 0 radical (unpaired) electrons. The van der Waals surface area contributed by atoms with E-state index < -0.39 is 0 Å². The molecule has 1 amide bonds. The Kier molecular flexibility index (Phi) is 5.34. The minimum atomic E-state index is -0.277. The van der Waals surface area contributed by atoms with Crippen LogP contribution in [0.4, 0.5) is 10.1 Å². The van der Waals surface area contributed by atoms with Crippen LogP contribution in [0.15, 0.2) is 48.5 Å². The van der Waals surface area contributed by atoms with Gasteiger partial charge in [-0.25, -0.2) is 4.39 Å². The Morgan fingerprint density at radius 3 is 2.35 bits per heavy atom. The molecular formula is C15H14FIN2O. The van der Waals surface area contributed by atoms with E-state index in [2.05, 4.69) is 33.2 Å². The molecule has 2 aromatic rings. The van der Waals surface area contributed by atoms with Crippen molar-refractivity contribution in [2.45, 2.75) is 6.54 Å². The molecule has 0 aromatic heterocycles. The minimum Gasteiger partial charge on any atom is -0.376 e. The SMILES string of the molecule is O=C(CNc1ccc(I)cc1)NCc1ccc(F)cc1. The fourth-order valence-electron chi connectivity index (χ4n) is 1.62. The van der Waals surface area contributed by atoms with Gasteiger partial charge in [0, 0.05) is 15.8 Å². The van der Waals surface area contributed by atoms with Crippen LogP contribution in [-0.2, 0) is 11.3 Å². The molecule has 0 spiro atoms. The zero-order valence-electron chi connectivity index (χ0n) is 10.7. The molecule has 2 N–H and O–H groups in total.